The summed E-state index contributed by atoms with van der Waals surface area (Å²) in [7, 11) is -3.68. The predicted octanol–water partition coefficient (Wildman–Crippen LogP) is 5.08. The van der Waals surface area contributed by atoms with Crippen molar-refractivity contribution >= 4 is 67.0 Å². The molecule has 0 radical (unpaired) electrons. The van der Waals surface area contributed by atoms with Crippen LogP contribution < -0.4 is 9.73 Å². The van der Waals surface area contributed by atoms with Gasteiger partial charge in [-0.05, 0) is 56.3 Å². The first-order valence-electron chi connectivity index (χ1n) is 9.67. The molecule has 2 aromatic carbocycles. The largest absolute Gasteiger partial charge is 0.316 e. The Bertz CT molecular complexity index is 1340. The summed E-state index contributed by atoms with van der Waals surface area (Å²) in [6.07, 6.45) is 2.54. The summed E-state index contributed by atoms with van der Waals surface area (Å²) in [6, 6.07) is 13.8. The van der Waals surface area contributed by atoms with Gasteiger partial charge in [0.25, 0.3) is 5.91 Å². The summed E-state index contributed by atoms with van der Waals surface area (Å²) in [6.45, 7) is 3.40. The topological polar surface area (TPSA) is 83.8 Å². The minimum Gasteiger partial charge on any atom is -0.316 e. The minimum atomic E-state index is -3.68. The fourth-order valence-electron chi connectivity index (χ4n) is 3.32. The molecule has 1 N–H and O–H groups in total. The lowest BCUT2D eigenvalue weighted by Crippen LogP contribution is -2.39. The quantitative estimate of drug-likeness (QED) is 0.317. The van der Waals surface area contributed by atoms with Gasteiger partial charge in [0.15, 0.2) is 0 Å². The van der Waals surface area contributed by atoms with Gasteiger partial charge in [0.2, 0.25) is 10.0 Å². The Labute approximate surface area is 211 Å². The highest BCUT2D eigenvalue weighted by Gasteiger charge is 2.21. The maximum absolute atomic E-state index is 12.4. The molecule has 0 bridgehead atoms. The number of benzene rings is 2. The number of hydrogen-bond donors (Lipinski definition) is 1. The number of hydrogen-bond acceptors (Lipinski definition) is 4. The van der Waals surface area contributed by atoms with Crippen molar-refractivity contribution in [2.45, 2.75) is 13.8 Å². The maximum atomic E-state index is 12.4. The highest BCUT2D eigenvalue weighted by atomic mass is 79.9. The Hall–Kier alpha value is -2.33. The van der Waals surface area contributed by atoms with Crippen LogP contribution in [0.4, 0.5) is 5.69 Å². The molecule has 3 rings (SSSR count). The number of amides is 1. The average molecular weight is 572 g/mol. The number of sulfonamides is 1. The van der Waals surface area contributed by atoms with Crippen LogP contribution in [0, 0.1) is 13.8 Å². The van der Waals surface area contributed by atoms with Gasteiger partial charge in [0.1, 0.15) is 6.54 Å². The zero-order chi connectivity index (χ0) is 24.3. The van der Waals surface area contributed by atoms with Gasteiger partial charge in [0, 0.05) is 26.4 Å². The van der Waals surface area contributed by atoms with Gasteiger partial charge in [0.05, 0.1) is 28.9 Å². The first-order valence-corrected chi connectivity index (χ1v) is 13.1. The third-order valence-electron chi connectivity index (χ3n) is 4.80. The Balaban J connectivity index is 1.77. The fraction of sp³-hybridized carbons (Fsp3) is 0.182. The number of aromatic nitrogens is 1. The lowest BCUT2D eigenvalue weighted by Gasteiger charge is -2.21. The maximum Gasteiger partial charge on any atom is 0.260 e. The van der Waals surface area contributed by atoms with Crippen molar-refractivity contribution < 1.29 is 13.2 Å². The van der Waals surface area contributed by atoms with E-state index in [1.165, 1.54) is 6.21 Å². The number of nitrogens with zero attached hydrogens (tertiary/aromatic N) is 3. The second kappa shape index (κ2) is 10.3. The van der Waals surface area contributed by atoms with Gasteiger partial charge in [-0.25, -0.2) is 13.8 Å². The van der Waals surface area contributed by atoms with Crippen molar-refractivity contribution in [2.24, 2.45) is 5.10 Å². The molecule has 3 aromatic rings. The summed E-state index contributed by atoms with van der Waals surface area (Å²) in [5.74, 6) is -0.580. The van der Waals surface area contributed by atoms with E-state index >= 15 is 0 Å². The van der Waals surface area contributed by atoms with Crippen LogP contribution in [0.25, 0.3) is 5.69 Å². The van der Waals surface area contributed by atoms with E-state index in [1.54, 1.807) is 42.5 Å². The first-order chi connectivity index (χ1) is 15.5. The third-order valence-corrected chi connectivity index (χ3v) is 6.98. The van der Waals surface area contributed by atoms with E-state index in [2.05, 4.69) is 26.5 Å². The lowest BCUT2D eigenvalue weighted by atomic mass is 10.2. The average Bonchev–Trinajstić information content (AvgIpc) is 3.00. The molecule has 1 amide bonds. The Morgan fingerprint density at radius 1 is 1.18 bits per heavy atom. The number of hydrazone groups is 1. The van der Waals surface area contributed by atoms with Crippen molar-refractivity contribution in [3.63, 3.8) is 0 Å². The van der Waals surface area contributed by atoms with Crippen molar-refractivity contribution in [1.82, 2.24) is 9.99 Å². The number of carbonyl (C=O) groups excluding carboxylic acids is 1. The molecule has 7 nitrogen and oxygen atoms in total. The second-order valence-electron chi connectivity index (χ2n) is 7.30. The molecule has 0 saturated carbocycles. The van der Waals surface area contributed by atoms with Crippen LogP contribution in [0.15, 0.2) is 58.1 Å². The second-order valence-corrected chi connectivity index (χ2v) is 11.0. The smallest absolute Gasteiger partial charge is 0.260 e. The Morgan fingerprint density at radius 2 is 1.91 bits per heavy atom. The van der Waals surface area contributed by atoms with Crippen LogP contribution in [-0.4, -0.2) is 37.9 Å². The lowest BCUT2D eigenvalue weighted by molar-refractivity contribution is -0.119. The highest BCUT2D eigenvalue weighted by Crippen LogP contribution is 2.28. The summed E-state index contributed by atoms with van der Waals surface area (Å²) >= 11 is 15.8. The van der Waals surface area contributed by atoms with Gasteiger partial charge in [-0.15, -0.1) is 0 Å². The summed E-state index contributed by atoms with van der Waals surface area (Å²) < 4.78 is 28.1. The number of carbonyl (C=O) groups is 1. The molecule has 0 unspecified atom stereocenters. The SMILES string of the molecule is Cc1cc(/C=N/NC(=O)CN(c2cccc(Br)c2)S(C)(=O)=O)c(C)n1-c1cc(Cl)ccc1Cl. The van der Waals surface area contributed by atoms with Crippen LogP contribution in [0.1, 0.15) is 17.0 Å². The van der Waals surface area contributed by atoms with E-state index < -0.39 is 22.5 Å². The minimum absolute atomic E-state index is 0.368. The molecule has 0 aliphatic rings. The van der Waals surface area contributed by atoms with Crippen molar-refractivity contribution in [3.05, 3.63) is 80.0 Å². The van der Waals surface area contributed by atoms with Crippen molar-refractivity contribution in [3.8, 4) is 5.69 Å². The third kappa shape index (κ3) is 6.17. The monoisotopic (exact) mass is 570 g/mol. The van der Waals surface area contributed by atoms with Gasteiger partial charge < -0.3 is 4.57 Å². The fourth-order valence-corrected chi connectivity index (χ4v) is 4.92. The highest BCUT2D eigenvalue weighted by molar-refractivity contribution is 9.10. The molecule has 33 heavy (non-hydrogen) atoms. The summed E-state index contributed by atoms with van der Waals surface area (Å²) in [5.41, 5.74) is 6.01. The van der Waals surface area contributed by atoms with Gasteiger partial charge in [-0.1, -0.05) is 45.2 Å². The number of anilines is 1. The molecule has 1 heterocycles. The predicted molar refractivity (Wildman–Crippen MR) is 137 cm³/mol. The standard InChI is InChI=1S/C22H21BrCl2N4O3S/c1-14-9-16(15(2)29(14)21-11-18(24)7-8-20(21)25)12-26-27-22(30)13-28(33(3,31)32)19-6-4-5-17(23)10-19/h4-12H,13H2,1-3H3,(H,27,30)/b26-12+. The Kier molecular flexibility index (Phi) is 7.89. The van der Waals surface area contributed by atoms with Gasteiger partial charge in [-0.2, -0.15) is 5.10 Å². The van der Waals surface area contributed by atoms with Gasteiger partial charge >= 0.3 is 0 Å². The molecule has 174 valence electrons. The molecule has 0 spiro atoms. The molecule has 0 aliphatic heterocycles. The van der Waals surface area contributed by atoms with Crippen LogP contribution in [0.3, 0.4) is 0 Å². The normalized spacial score (nSPS) is 11.7. The first kappa shape index (κ1) is 25.3. The van der Waals surface area contributed by atoms with Crippen LogP contribution in [-0.2, 0) is 14.8 Å². The van der Waals surface area contributed by atoms with E-state index in [4.69, 9.17) is 23.2 Å². The summed E-state index contributed by atoms with van der Waals surface area (Å²) in [5, 5.41) is 5.12. The molecule has 0 fully saturated rings. The van der Waals surface area contributed by atoms with Gasteiger partial charge in [-0.3, -0.25) is 9.10 Å². The number of rotatable bonds is 7. The molecule has 0 aliphatic carbocycles. The van der Waals surface area contributed by atoms with E-state index in [0.29, 0.717) is 20.2 Å². The van der Waals surface area contributed by atoms with E-state index in [-0.39, 0.29) is 0 Å². The number of aryl methyl sites for hydroxylation is 1. The van der Waals surface area contributed by atoms with E-state index in [0.717, 1.165) is 33.2 Å². The zero-order valence-corrected chi connectivity index (χ0v) is 21.9. The molecular formula is C22H21BrCl2N4O3S. The molecule has 0 saturated heterocycles. The Morgan fingerprint density at radius 3 is 2.58 bits per heavy atom. The van der Waals surface area contributed by atoms with Crippen LogP contribution in [0.5, 0.6) is 0 Å². The number of nitrogens with one attached hydrogen (secondary N) is 1. The van der Waals surface area contributed by atoms with E-state index in [1.807, 2.05) is 24.5 Å². The number of halogens is 3. The molecule has 1 aromatic heterocycles. The van der Waals surface area contributed by atoms with Crippen LogP contribution in [0.2, 0.25) is 10.0 Å². The van der Waals surface area contributed by atoms with Crippen LogP contribution >= 0.6 is 39.1 Å². The van der Waals surface area contributed by atoms with Crippen molar-refractivity contribution in [2.75, 3.05) is 17.1 Å². The molecular weight excluding hydrogens is 551 g/mol. The van der Waals surface area contributed by atoms with Crippen molar-refractivity contribution in [1.29, 1.82) is 0 Å². The van der Waals surface area contributed by atoms with E-state index in [9.17, 15) is 13.2 Å². The molecule has 11 heteroatoms. The molecule has 0 atom stereocenters. The summed E-state index contributed by atoms with van der Waals surface area (Å²) in [4.78, 5) is 12.4. The zero-order valence-electron chi connectivity index (χ0n) is 18.0.